The van der Waals surface area contributed by atoms with Crippen molar-refractivity contribution in [2.75, 3.05) is 13.7 Å². The maximum atomic E-state index is 12.8. The van der Waals surface area contributed by atoms with Crippen molar-refractivity contribution in [3.63, 3.8) is 0 Å². The number of carbonyl (C=O) groups excluding carboxylic acids is 1. The van der Waals surface area contributed by atoms with Crippen molar-refractivity contribution in [3.8, 4) is 28.7 Å². The zero-order chi connectivity index (χ0) is 19.4. The third-order valence-corrected chi connectivity index (χ3v) is 4.25. The molecule has 0 fully saturated rings. The van der Waals surface area contributed by atoms with E-state index < -0.39 is 5.92 Å². The summed E-state index contributed by atoms with van der Waals surface area (Å²) in [4.78, 5) is 12.8. The van der Waals surface area contributed by atoms with Crippen molar-refractivity contribution in [2.24, 2.45) is 5.92 Å². The van der Waals surface area contributed by atoms with Gasteiger partial charge in [-0.05, 0) is 31.0 Å². The molecule has 0 aromatic heterocycles. The van der Waals surface area contributed by atoms with Gasteiger partial charge < -0.3 is 24.8 Å². The molecular formula is C20H24O6. The van der Waals surface area contributed by atoms with Gasteiger partial charge in [0, 0.05) is 11.6 Å². The lowest BCUT2D eigenvalue weighted by Gasteiger charge is -2.27. The number of phenolic OH excluding ortho intramolecular Hbond substituents is 3. The largest absolute Gasteiger partial charge is 0.507 e. The van der Waals surface area contributed by atoms with Crippen LogP contribution in [0.3, 0.4) is 0 Å². The summed E-state index contributed by atoms with van der Waals surface area (Å²) in [6.07, 6.45) is 0.330. The average molecular weight is 360 g/mol. The van der Waals surface area contributed by atoms with Gasteiger partial charge in [-0.3, -0.25) is 4.79 Å². The van der Waals surface area contributed by atoms with Gasteiger partial charge in [-0.2, -0.15) is 0 Å². The number of ketones is 1. The zero-order valence-electron chi connectivity index (χ0n) is 15.4. The number of rotatable bonds is 3. The first-order valence-corrected chi connectivity index (χ1v) is 8.50. The average Bonchev–Trinajstić information content (AvgIpc) is 2.64. The van der Waals surface area contributed by atoms with E-state index in [1.165, 1.54) is 25.3 Å². The molecule has 1 heterocycles. The van der Waals surface area contributed by atoms with E-state index in [1.54, 1.807) is 13.0 Å². The molecule has 3 N–H and O–H groups in total. The predicted octanol–water partition coefficient (Wildman–Crippen LogP) is 3.58. The van der Waals surface area contributed by atoms with Crippen LogP contribution < -0.4 is 9.47 Å². The van der Waals surface area contributed by atoms with Crippen molar-refractivity contribution in [1.29, 1.82) is 0 Å². The fraction of sp³-hybridized carbons (Fsp3) is 0.350. The van der Waals surface area contributed by atoms with E-state index in [2.05, 4.69) is 0 Å². The Balaban J connectivity index is 0.00000117. The Morgan fingerprint density at radius 2 is 1.81 bits per heavy atom. The molecule has 2 aromatic rings. The highest BCUT2D eigenvalue weighted by Gasteiger charge is 2.34. The molecule has 1 atom stereocenters. The van der Waals surface area contributed by atoms with Crippen molar-refractivity contribution in [1.82, 2.24) is 0 Å². The van der Waals surface area contributed by atoms with Crippen LogP contribution in [0.1, 0.15) is 35.3 Å². The van der Waals surface area contributed by atoms with E-state index in [0.29, 0.717) is 29.0 Å². The normalized spacial score (nSPS) is 15.4. The Morgan fingerprint density at radius 1 is 1.12 bits per heavy atom. The number of phenols is 3. The third kappa shape index (κ3) is 3.54. The molecule has 0 saturated carbocycles. The smallest absolute Gasteiger partial charge is 0.177 e. The van der Waals surface area contributed by atoms with Gasteiger partial charge in [0.15, 0.2) is 17.3 Å². The second kappa shape index (κ2) is 7.99. The van der Waals surface area contributed by atoms with Crippen molar-refractivity contribution in [3.05, 3.63) is 41.0 Å². The first-order valence-electron chi connectivity index (χ1n) is 8.50. The van der Waals surface area contributed by atoms with E-state index in [4.69, 9.17) is 9.47 Å². The molecule has 6 heteroatoms. The van der Waals surface area contributed by atoms with Gasteiger partial charge in [0.2, 0.25) is 0 Å². The summed E-state index contributed by atoms with van der Waals surface area (Å²) >= 11 is 0. The minimum atomic E-state index is -0.486. The minimum Gasteiger partial charge on any atom is -0.507 e. The SMILES string of the molecule is CC.COc1cc(O)c2c(c1C)OCC(Cc1ccc(O)c(O)c1)C2=O. The highest BCUT2D eigenvalue weighted by Crippen LogP contribution is 2.42. The first kappa shape index (κ1) is 19.4. The minimum absolute atomic E-state index is 0.160. The molecule has 2 aromatic carbocycles. The summed E-state index contributed by atoms with van der Waals surface area (Å²) in [6, 6.07) is 5.83. The van der Waals surface area contributed by atoms with E-state index in [1.807, 2.05) is 13.8 Å². The number of Topliss-reactive ketones (excluding diaryl/α,β-unsaturated/α-hetero) is 1. The molecule has 0 aliphatic carbocycles. The fourth-order valence-corrected chi connectivity index (χ4v) is 2.95. The lowest BCUT2D eigenvalue weighted by Crippen LogP contribution is -2.30. The molecule has 0 radical (unpaired) electrons. The molecule has 0 spiro atoms. The molecule has 140 valence electrons. The van der Waals surface area contributed by atoms with Crippen LogP contribution in [-0.2, 0) is 6.42 Å². The van der Waals surface area contributed by atoms with Crippen LogP contribution in [0.5, 0.6) is 28.7 Å². The number of carbonyl (C=O) groups is 1. The number of hydrogen-bond acceptors (Lipinski definition) is 6. The first-order chi connectivity index (χ1) is 12.4. The summed E-state index contributed by atoms with van der Waals surface area (Å²) in [7, 11) is 1.49. The van der Waals surface area contributed by atoms with E-state index >= 15 is 0 Å². The standard InChI is InChI=1S/C18H18O6.C2H6/c1-9-15(23-2)7-14(21)16-17(22)11(8-24-18(9)16)5-10-3-4-12(19)13(20)6-10;1-2/h3-4,6-7,11,19-21H,5,8H2,1-2H3;1-2H3. The van der Waals surface area contributed by atoms with Gasteiger partial charge in [0.1, 0.15) is 22.8 Å². The lowest BCUT2D eigenvalue weighted by molar-refractivity contribution is 0.0824. The highest BCUT2D eigenvalue weighted by atomic mass is 16.5. The van der Waals surface area contributed by atoms with Gasteiger partial charge in [-0.1, -0.05) is 19.9 Å². The van der Waals surface area contributed by atoms with Crippen LogP contribution in [0.15, 0.2) is 24.3 Å². The van der Waals surface area contributed by atoms with Crippen LogP contribution >= 0.6 is 0 Å². The molecular weight excluding hydrogens is 336 g/mol. The molecule has 0 saturated heterocycles. The maximum absolute atomic E-state index is 12.8. The Labute approximate surface area is 152 Å². The topological polar surface area (TPSA) is 96.2 Å². The number of methoxy groups -OCH3 is 1. The van der Waals surface area contributed by atoms with Gasteiger partial charge in [-0.15, -0.1) is 0 Å². The predicted molar refractivity (Wildman–Crippen MR) is 97.5 cm³/mol. The van der Waals surface area contributed by atoms with E-state index in [-0.39, 0.29) is 35.2 Å². The Hall–Kier alpha value is -2.89. The monoisotopic (exact) mass is 360 g/mol. The Kier molecular flexibility index (Phi) is 5.97. The van der Waals surface area contributed by atoms with Gasteiger partial charge >= 0.3 is 0 Å². The Bertz CT molecular complexity index is 812. The molecule has 1 unspecified atom stereocenters. The van der Waals surface area contributed by atoms with Crippen LogP contribution in [0, 0.1) is 12.8 Å². The quantitative estimate of drug-likeness (QED) is 0.724. The molecule has 3 rings (SSSR count). The second-order valence-corrected chi connectivity index (χ2v) is 5.83. The molecule has 0 amide bonds. The second-order valence-electron chi connectivity index (χ2n) is 5.83. The third-order valence-electron chi connectivity index (χ3n) is 4.25. The number of aromatic hydroxyl groups is 3. The molecule has 6 nitrogen and oxygen atoms in total. The number of ether oxygens (including phenoxy) is 2. The summed E-state index contributed by atoms with van der Waals surface area (Å²) in [5, 5.41) is 29.1. The van der Waals surface area contributed by atoms with Crippen LogP contribution in [0.25, 0.3) is 0 Å². The highest BCUT2D eigenvalue weighted by molar-refractivity contribution is 6.04. The molecule has 1 aliphatic rings. The van der Waals surface area contributed by atoms with Gasteiger partial charge in [0.25, 0.3) is 0 Å². The van der Waals surface area contributed by atoms with Crippen molar-refractivity contribution >= 4 is 5.78 Å². The maximum Gasteiger partial charge on any atom is 0.177 e. The van der Waals surface area contributed by atoms with E-state index in [9.17, 15) is 20.1 Å². The Morgan fingerprint density at radius 3 is 2.42 bits per heavy atom. The van der Waals surface area contributed by atoms with Crippen LogP contribution in [-0.4, -0.2) is 34.8 Å². The van der Waals surface area contributed by atoms with Gasteiger partial charge in [0.05, 0.1) is 19.6 Å². The number of fused-ring (bicyclic) bond motifs is 1. The molecule has 26 heavy (non-hydrogen) atoms. The fourth-order valence-electron chi connectivity index (χ4n) is 2.95. The number of hydrogen-bond donors (Lipinski definition) is 3. The molecule has 1 aliphatic heterocycles. The summed E-state index contributed by atoms with van der Waals surface area (Å²) < 4.78 is 10.9. The van der Waals surface area contributed by atoms with Crippen molar-refractivity contribution < 1.29 is 29.6 Å². The number of benzene rings is 2. The van der Waals surface area contributed by atoms with Crippen molar-refractivity contribution in [2.45, 2.75) is 27.2 Å². The zero-order valence-corrected chi connectivity index (χ0v) is 15.4. The summed E-state index contributed by atoms with van der Waals surface area (Å²) in [6.45, 7) is 5.93. The van der Waals surface area contributed by atoms with E-state index in [0.717, 1.165) is 0 Å². The van der Waals surface area contributed by atoms with Crippen LogP contribution in [0.4, 0.5) is 0 Å². The van der Waals surface area contributed by atoms with Crippen LogP contribution in [0.2, 0.25) is 0 Å². The molecule has 0 bridgehead atoms. The summed E-state index contributed by atoms with van der Waals surface area (Å²) in [5.74, 6) is -0.512. The lowest BCUT2D eigenvalue weighted by atomic mass is 9.88. The summed E-state index contributed by atoms with van der Waals surface area (Å²) in [5.41, 5.74) is 1.52. The van der Waals surface area contributed by atoms with Gasteiger partial charge in [-0.25, -0.2) is 0 Å².